The van der Waals surface area contributed by atoms with Crippen molar-refractivity contribution in [3.8, 4) is 0 Å². The van der Waals surface area contributed by atoms with Crippen molar-refractivity contribution in [1.82, 2.24) is 0 Å². The average Bonchev–Trinajstić information content (AvgIpc) is 2.47. The normalized spacial score (nSPS) is 9.54. The molecule has 2 rings (SSSR count). The standard InChI is InChI=1S/C9H11NO3.C7H7NO3/c1-2-13-9(11)6-8-4-3-5-10(12)7-8;9-7(10)4-6-2-1-3-8(11)5-6/h3-5,7H,2,6H2,1H3;1-3,5H,4H2,(H,9,10). The minimum atomic E-state index is -0.934. The largest absolute Gasteiger partial charge is 0.619 e. The number of carboxylic acid groups (broad SMARTS) is 1. The maximum Gasteiger partial charge on any atom is 0.310 e. The maximum absolute atomic E-state index is 11.0. The molecule has 0 aromatic carbocycles. The molecule has 0 amide bonds. The van der Waals surface area contributed by atoms with E-state index >= 15 is 0 Å². The Balaban J connectivity index is 0.000000243. The molecule has 0 aliphatic rings. The minimum absolute atomic E-state index is 0.108. The quantitative estimate of drug-likeness (QED) is 0.479. The topological polar surface area (TPSA) is 117 Å². The summed E-state index contributed by atoms with van der Waals surface area (Å²) in [7, 11) is 0. The van der Waals surface area contributed by atoms with E-state index in [2.05, 4.69) is 0 Å². The molecule has 1 N–H and O–H groups in total. The molecular formula is C16H18N2O6. The van der Waals surface area contributed by atoms with Gasteiger partial charge in [-0.25, -0.2) is 0 Å². The molecule has 0 atom stereocenters. The first kappa shape index (κ1) is 18.9. The summed E-state index contributed by atoms with van der Waals surface area (Å²) in [4.78, 5) is 21.2. The SMILES string of the molecule is CCOC(=O)Cc1ccc[n+]([O-])c1.O=C(O)Cc1ccc[n+]([O-])c1. The lowest BCUT2D eigenvalue weighted by atomic mass is 10.2. The van der Waals surface area contributed by atoms with Crippen molar-refractivity contribution in [1.29, 1.82) is 0 Å². The summed E-state index contributed by atoms with van der Waals surface area (Å²) in [5.41, 5.74) is 1.17. The molecule has 8 heteroatoms. The van der Waals surface area contributed by atoms with Crippen LogP contribution in [0.4, 0.5) is 0 Å². The summed E-state index contributed by atoms with van der Waals surface area (Å²) in [6, 6.07) is 6.43. The van der Waals surface area contributed by atoms with Gasteiger partial charge in [0.2, 0.25) is 0 Å². The lowest BCUT2D eigenvalue weighted by Crippen LogP contribution is -2.25. The van der Waals surface area contributed by atoms with E-state index in [1.807, 2.05) is 0 Å². The highest BCUT2D eigenvalue weighted by Crippen LogP contribution is 1.97. The smallest absolute Gasteiger partial charge is 0.310 e. The number of nitrogens with zero attached hydrogens (tertiary/aromatic N) is 2. The summed E-state index contributed by atoms with van der Waals surface area (Å²) in [6.45, 7) is 2.11. The van der Waals surface area contributed by atoms with Crippen molar-refractivity contribution in [2.45, 2.75) is 19.8 Å². The Kier molecular flexibility index (Phi) is 7.69. The second kappa shape index (κ2) is 9.78. The number of ether oxygens (including phenoxy) is 1. The van der Waals surface area contributed by atoms with Gasteiger partial charge in [-0.2, -0.15) is 9.46 Å². The summed E-state index contributed by atoms with van der Waals surface area (Å²) < 4.78 is 5.98. The van der Waals surface area contributed by atoms with Gasteiger partial charge in [0.25, 0.3) is 0 Å². The van der Waals surface area contributed by atoms with Crippen molar-refractivity contribution >= 4 is 11.9 Å². The van der Waals surface area contributed by atoms with E-state index in [9.17, 15) is 20.0 Å². The number of aliphatic carboxylic acids is 1. The number of carbonyl (C=O) groups excluding carboxylic acids is 1. The zero-order valence-corrected chi connectivity index (χ0v) is 13.1. The molecule has 0 radical (unpaired) electrons. The predicted octanol–water partition coefficient (Wildman–Crippen LogP) is 0.373. The van der Waals surface area contributed by atoms with E-state index < -0.39 is 5.97 Å². The van der Waals surface area contributed by atoms with Gasteiger partial charge in [0.1, 0.15) is 0 Å². The molecule has 0 fully saturated rings. The van der Waals surface area contributed by atoms with Gasteiger partial charge < -0.3 is 20.3 Å². The molecule has 0 aliphatic heterocycles. The van der Waals surface area contributed by atoms with Crippen molar-refractivity contribution < 1.29 is 28.9 Å². The van der Waals surface area contributed by atoms with Gasteiger partial charge in [-0.05, 0) is 19.1 Å². The van der Waals surface area contributed by atoms with Crippen molar-refractivity contribution in [3.63, 3.8) is 0 Å². The number of esters is 1. The van der Waals surface area contributed by atoms with Crippen LogP contribution >= 0.6 is 0 Å². The van der Waals surface area contributed by atoms with Gasteiger partial charge in [-0.3, -0.25) is 9.59 Å². The zero-order chi connectivity index (χ0) is 17.9. The number of carboxylic acids is 1. The number of carbonyl (C=O) groups is 2. The van der Waals surface area contributed by atoms with Crippen LogP contribution in [-0.2, 0) is 27.2 Å². The number of hydrogen-bond acceptors (Lipinski definition) is 5. The van der Waals surface area contributed by atoms with Gasteiger partial charge in [0, 0.05) is 23.3 Å². The third-order valence-electron chi connectivity index (χ3n) is 2.68. The van der Waals surface area contributed by atoms with Gasteiger partial charge in [0.05, 0.1) is 19.4 Å². The fourth-order valence-electron chi connectivity index (χ4n) is 1.76. The Hall–Kier alpha value is -3.16. The molecular weight excluding hydrogens is 316 g/mol. The number of aromatic nitrogens is 2. The molecule has 128 valence electrons. The van der Waals surface area contributed by atoms with Gasteiger partial charge in [-0.1, -0.05) is 0 Å². The van der Waals surface area contributed by atoms with Crippen molar-refractivity contribution in [3.05, 3.63) is 70.6 Å². The summed E-state index contributed by atoms with van der Waals surface area (Å²) in [5.74, 6) is -1.25. The molecule has 8 nitrogen and oxygen atoms in total. The van der Waals surface area contributed by atoms with Crippen LogP contribution in [-0.4, -0.2) is 23.7 Å². The molecule has 2 aromatic heterocycles. The fraction of sp³-hybridized carbons (Fsp3) is 0.250. The van der Waals surface area contributed by atoms with Crippen LogP contribution in [0.15, 0.2) is 49.1 Å². The Morgan fingerprint density at radius 2 is 1.54 bits per heavy atom. The van der Waals surface area contributed by atoms with E-state index in [1.54, 1.807) is 25.1 Å². The summed E-state index contributed by atoms with van der Waals surface area (Å²) >= 11 is 0. The molecule has 0 unspecified atom stereocenters. The highest BCUT2D eigenvalue weighted by Gasteiger charge is 2.05. The Labute approximate surface area is 138 Å². The Bertz CT molecular complexity index is 690. The highest BCUT2D eigenvalue weighted by molar-refractivity contribution is 5.72. The highest BCUT2D eigenvalue weighted by atomic mass is 16.5. The summed E-state index contributed by atoms with van der Waals surface area (Å²) in [6.07, 6.45) is 5.32. The van der Waals surface area contributed by atoms with Gasteiger partial charge in [0.15, 0.2) is 24.8 Å². The lowest BCUT2D eigenvalue weighted by molar-refractivity contribution is -0.606. The molecule has 0 spiro atoms. The molecule has 0 saturated heterocycles. The molecule has 0 saturated carbocycles. The van der Waals surface area contributed by atoms with Crippen LogP contribution in [0.5, 0.6) is 0 Å². The maximum atomic E-state index is 11.0. The van der Waals surface area contributed by atoms with Crippen LogP contribution in [0.1, 0.15) is 18.1 Å². The third kappa shape index (κ3) is 7.74. The van der Waals surface area contributed by atoms with Gasteiger partial charge >= 0.3 is 11.9 Å². The third-order valence-corrected chi connectivity index (χ3v) is 2.68. The second-order valence-corrected chi connectivity index (χ2v) is 4.70. The Morgan fingerprint density at radius 1 is 1.04 bits per heavy atom. The van der Waals surface area contributed by atoms with E-state index in [-0.39, 0.29) is 18.8 Å². The van der Waals surface area contributed by atoms with Crippen LogP contribution in [0.3, 0.4) is 0 Å². The first-order valence-corrected chi connectivity index (χ1v) is 7.13. The van der Waals surface area contributed by atoms with Crippen LogP contribution in [0, 0.1) is 10.4 Å². The fourth-order valence-corrected chi connectivity index (χ4v) is 1.76. The number of rotatable bonds is 5. The number of pyridine rings is 2. The monoisotopic (exact) mass is 334 g/mol. The summed E-state index contributed by atoms with van der Waals surface area (Å²) in [5, 5.41) is 29.7. The van der Waals surface area contributed by atoms with E-state index in [1.165, 1.54) is 30.9 Å². The molecule has 2 aromatic rings. The van der Waals surface area contributed by atoms with Crippen molar-refractivity contribution in [2.75, 3.05) is 6.61 Å². The first-order chi connectivity index (χ1) is 11.4. The predicted molar refractivity (Wildman–Crippen MR) is 82.5 cm³/mol. The minimum Gasteiger partial charge on any atom is -0.619 e. The molecule has 2 heterocycles. The van der Waals surface area contributed by atoms with E-state index in [0.717, 1.165) is 0 Å². The Morgan fingerprint density at radius 3 is 1.96 bits per heavy atom. The van der Waals surface area contributed by atoms with E-state index in [0.29, 0.717) is 27.2 Å². The van der Waals surface area contributed by atoms with Crippen LogP contribution in [0.2, 0.25) is 0 Å². The molecule has 24 heavy (non-hydrogen) atoms. The van der Waals surface area contributed by atoms with Gasteiger partial charge in [-0.15, -0.1) is 0 Å². The van der Waals surface area contributed by atoms with E-state index in [4.69, 9.17) is 9.84 Å². The van der Waals surface area contributed by atoms with Crippen LogP contribution in [0.25, 0.3) is 0 Å². The average molecular weight is 334 g/mol. The lowest BCUT2D eigenvalue weighted by Gasteiger charge is -2.01. The molecule has 0 bridgehead atoms. The van der Waals surface area contributed by atoms with Crippen LogP contribution < -0.4 is 9.46 Å². The number of hydrogen-bond donors (Lipinski definition) is 1. The first-order valence-electron chi connectivity index (χ1n) is 7.13. The van der Waals surface area contributed by atoms with Crippen molar-refractivity contribution in [2.24, 2.45) is 0 Å². The zero-order valence-electron chi connectivity index (χ0n) is 13.1. The molecule has 0 aliphatic carbocycles. The second-order valence-electron chi connectivity index (χ2n) is 4.70.